The van der Waals surface area contributed by atoms with Gasteiger partial charge in [0.05, 0.1) is 6.54 Å². The van der Waals surface area contributed by atoms with Crippen molar-refractivity contribution in [3.05, 3.63) is 47.2 Å². The number of aromatic nitrogens is 2. The van der Waals surface area contributed by atoms with Crippen molar-refractivity contribution in [3.8, 4) is 0 Å². The van der Waals surface area contributed by atoms with Gasteiger partial charge in [-0.25, -0.2) is 13.2 Å². The Morgan fingerprint density at radius 3 is 2.44 bits per heavy atom. The molecular formula is C18H24N4O4S. The summed E-state index contributed by atoms with van der Waals surface area (Å²) in [6, 6.07) is 7.66. The van der Waals surface area contributed by atoms with E-state index in [2.05, 4.69) is 10.00 Å². The maximum Gasteiger partial charge on any atom is 0.340 e. The normalized spacial score (nSPS) is 16.5. The first-order valence-electron chi connectivity index (χ1n) is 8.90. The van der Waals surface area contributed by atoms with E-state index in [0.717, 1.165) is 17.7 Å². The maximum absolute atomic E-state index is 13.0. The average Bonchev–Trinajstić information content (AvgIpc) is 3.09. The number of carboxylic acids is 1. The van der Waals surface area contributed by atoms with Gasteiger partial charge >= 0.3 is 5.97 Å². The van der Waals surface area contributed by atoms with Gasteiger partial charge in [0.15, 0.2) is 0 Å². The van der Waals surface area contributed by atoms with Crippen LogP contribution in [0.25, 0.3) is 0 Å². The third-order valence-corrected chi connectivity index (χ3v) is 6.75. The zero-order chi connectivity index (χ0) is 19.6. The largest absolute Gasteiger partial charge is 0.478 e. The van der Waals surface area contributed by atoms with Crippen molar-refractivity contribution in [2.45, 2.75) is 25.4 Å². The average molecular weight is 392 g/mol. The van der Waals surface area contributed by atoms with E-state index in [1.54, 1.807) is 0 Å². The highest BCUT2D eigenvalue weighted by Crippen LogP contribution is 2.21. The molecule has 0 atom stereocenters. The summed E-state index contributed by atoms with van der Waals surface area (Å²) < 4.78 is 28.7. The Kier molecular flexibility index (Phi) is 5.64. The van der Waals surface area contributed by atoms with Crippen molar-refractivity contribution in [1.29, 1.82) is 0 Å². The molecule has 1 aliphatic heterocycles. The molecule has 0 radical (unpaired) electrons. The van der Waals surface area contributed by atoms with Crippen molar-refractivity contribution in [3.63, 3.8) is 0 Å². The number of aromatic carboxylic acids is 1. The lowest BCUT2D eigenvalue weighted by Gasteiger charge is -2.32. The predicted octanol–water partition coefficient (Wildman–Crippen LogP) is 1.26. The highest BCUT2D eigenvalue weighted by Gasteiger charge is 2.34. The van der Waals surface area contributed by atoms with Crippen molar-refractivity contribution < 1.29 is 18.3 Å². The molecule has 1 saturated heterocycles. The van der Waals surface area contributed by atoms with E-state index in [4.69, 9.17) is 0 Å². The number of carbonyl (C=O) groups is 1. The van der Waals surface area contributed by atoms with Crippen LogP contribution in [0.1, 0.15) is 28.4 Å². The minimum atomic E-state index is -3.96. The summed E-state index contributed by atoms with van der Waals surface area (Å²) >= 11 is 0. The lowest BCUT2D eigenvalue weighted by molar-refractivity contribution is 0.0692. The fourth-order valence-corrected chi connectivity index (χ4v) is 4.71. The molecular weight excluding hydrogens is 368 g/mol. The van der Waals surface area contributed by atoms with Gasteiger partial charge in [0.2, 0.25) is 5.03 Å². The number of carboxylic acid groups (broad SMARTS) is 1. The van der Waals surface area contributed by atoms with Crippen LogP contribution in [0.4, 0.5) is 0 Å². The number of rotatable bonds is 6. The lowest BCUT2D eigenvalue weighted by Crippen LogP contribution is -2.48. The summed E-state index contributed by atoms with van der Waals surface area (Å²) in [6.07, 6.45) is 1.30. The van der Waals surface area contributed by atoms with Crippen LogP contribution in [-0.2, 0) is 16.6 Å². The SMILES string of the molecule is CCN1CCN(S(=O)(=O)c2nn(Cc3ccccc3C)cc2C(=O)O)CC1. The first kappa shape index (κ1) is 19.5. The lowest BCUT2D eigenvalue weighted by atomic mass is 10.1. The van der Waals surface area contributed by atoms with Crippen LogP contribution in [0, 0.1) is 6.92 Å². The molecule has 27 heavy (non-hydrogen) atoms. The fourth-order valence-electron chi connectivity index (χ4n) is 3.19. The quantitative estimate of drug-likeness (QED) is 0.795. The van der Waals surface area contributed by atoms with E-state index in [9.17, 15) is 18.3 Å². The highest BCUT2D eigenvalue weighted by atomic mass is 32.2. The summed E-state index contributed by atoms with van der Waals surface area (Å²) in [5, 5.41) is 13.3. The first-order valence-corrected chi connectivity index (χ1v) is 10.3. The highest BCUT2D eigenvalue weighted by molar-refractivity contribution is 7.89. The molecule has 1 aromatic carbocycles. The molecule has 0 bridgehead atoms. The van der Waals surface area contributed by atoms with Crippen molar-refractivity contribution >= 4 is 16.0 Å². The number of aryl methyl sites for hydroxylation is 1. The molecule has 0 aliphatic carbocycles. The van der Waals surface area contributed by atoms with E-state index in [0.29, 0.717) is 32.7 Å². The molecule has 0 saturated carbocycles. The number of hydrogen-bond acceptors (Lipinski definition) is 5. The molecule has 146 valence electrons. The van der Waals surface area contributed by atoms with Crippen LogP contribution in [0.5, 0.6) is 0 Å². The van der Waals surface area contributed by atoms with Crippen molar-refractivity contribution in [1.82, 2.24) is 19.0 Å². The molecule has 3 rings (SSSR count). The van der Waals surface area contributed by atoms with Gasteiger partial charge in [-0.2, -0.15) is 9.40 Å². The van der Waals surface area contributed by atoms with E-state index in [-0.39, 0.29) is 10.6 Å². The van der Waals surface area contributed by atoms with Gasteiger partial charge in [0, 0.05) is 32.4 Å². The monoisotopic (exact) mass is 392 g/mol. The maximum atomic E-state index is 13.0. The molecule has 1 aliphatic rings. The molecule has 0 unspecified atom stereocenters. The third-order valence-electron chi connectivity index (χ3n) is 4.91. The van der Waals surface area contributed by atoms with Crippen molar-refractivity contribution in [2.24, 2.45) is 0 Å². The topological polar surface area (TPSA) is 95.7 Å². The first-order chi connectivity index (χ1) is 12.8. The van der Waals surface area contributed by atoms with Crippen molar-refractivity contribution in [2.75, 3.05) is 32.7 Å². The molecule has 9 heteroatoms. The molecule has 2 heterocycles. The van der Waals surface area contributed by atoms with Gasteiger partial charge in [-0.3, -0.25) is 4.68 Å². The summed E-state index contributed by atoms with van der Waals surface area (Å²) in [5.41, 5.74) is 1.70. The molecule has 0 spiro atoms. The van der Waals surface area contributed by atoms with Crippen LogP contribution < -0.4 is 0 Å². The summed E-state index contributed by atoms with van der Waals surface area (Å²) in [6.45, 7) is 7.07. The third kappa shape index (κ3) is 4.05. The van der Waals surface area contributed by atoms with E-state index in [1.807, 2.05) is 38.1 Å². The second-order valence-electron chi connectivity index (χ2n) is 6.62. The Labute approximate surface area is 159 Å². The van der Waals surface area contributed by atoms with Crippen LogP contribution in [0.3, 0.4) is 0 Å². The molecule has 1 aromatic heterocycles. The molecule has 8 nitrogen and oxygen atoms in total. The Hall–Kier alpha value is -2.23. The summed E-state index contributed by atoms with van der Waals surface area (Å²) in [4.78, 5) is 13.8. The Morgan fingerprint density at radius 2 is 1.85 bits per heavy atom. The minimum absolute atomic E-state index is 0.290. The Morgan fingerprint density at radius 1 is 1.19 bits per heavy atom. The smallest absolute Gasteiger partial charge is 0.340 e. The zero-order valence-electron chi connectivity index (χ0n) is 15.5. The van der Waals surface area contributed by atoms with E-state index < -0.39 is 16.0 Å². The van der Waals surface area contributed by atoms with Crippen LogP contribution in [0.15, 0.2) is 35.5 Å². The second kappa shape index (κ2) is 7.79. The van der Waals surface area contributed by atoms with Gasteiger partial charge in [0.1, 0.15) is 5.56 Å². The number of nitrogens with zero attached hydrogens (tertiary/aromatic N) is 4. The summed E-state index contributed by atoms with van der Waals surface area (Å²) in [5.74, 6) is -1.29. The predicted molar refractivity (Wildman–Crippen MR) is 100 cm³/mol. The second-order valence-corrected chi connectivity index (χ2v) is 8.47. The standard InChI is InChI=1S/C18H24N4O4S/c1-3-20-8-10-22(11-9-20)27(25,26)17-16(18(23)24)13-21(19-17)12-15-7-5-4-6-14(15)2/h4-7,13H,3,8-12H2,1-2H3,(H,23,24). The van der Waals surface area contributed by atoms with E-state index >= 15 is 0 Å². The van der Waals surface area contributed by atoms with Gasteiger partial charge in [0.25, 0.3) is 10.0 Å². The number of likely N-dealkylation sites (N-methyl/N-ethyl adjacent to an activating group) is 1. The number of benzene rings is 1. The Bertz CT molecular complexity index is 931. The number of piperazine rings is 1. The fraction of sp³-hybridized carbons (Fsp3) is 0.444. The molecule has 1 fully saturated rings. The minimum Gasteiger partial charge on any atom is -0.478 e. The van der Waals surface area contributed by atoms with Crippen LogP contribution in [0.2, 0.25) is 0 Å². The van der Waals surface area contributed by atoms with Gasteiger partial charge in [-0.1, -0.05) is 31.2 Å². The molecule has 2 aromatic rings. The number of sulfonamides is 1. The molecule has 0 amide bonds. The Balaban J connectivity index is 1.91. The van der Waals surface area contributed by atoms with Gasteiger partial charge in [-0.05, 0) is 24.6 Å². The van der Waals surface area contributed by atoms with Gasteiger partial charge in [-0.15, -0.1) is 0 Å². The summed E-state index contributed by atoms with van der Waals surface area (Å²) in [7, 11) is -3.96. The van der Waals surface area contributed by atoms with Crippen LogP contribution >= 0.6 is 0 Å². The zero-order valence-corrected chi connectivity index (χ0v) is 16.3. The van der Waals surface area contributed by atoms with Crippen LogP contribution in [-0.4, -0.2) is 71.2 Å². The van der Waals surface area contributed by atoms with Gasteiger partial charge < -0.3 is 10.0 Å². The van der Waals surface area contributed by atoms with E-state index in [1.165, 1.54) is 15.2 Å². The number of hydrogen-bond donors (Lipinski definition) is 1. The molecule has 1 N–H and O–H groups in total.